The zero-order chi connectivity index (χ0) is 12.7. The van der Waals surface area contributed by atoms with Gasteiger partial charge in [-0.05, 0) is 12.8 Å². The standard InChI is InChI=1S/C11H16F3N3/c1-8(2)15-5-9-6-17(7-16-9)10(3-4-10)11(12,13)14/h6-8,15H,3-5H2,1-2H3. The molecule has 0 radical (unpaired) electrons. The van der Waals surface area contributed by atoms with Gasteiger partial charge < -0.3 is 9.88 Å². The van der Waals surface area contributed by atoms with Crippen LogP contribution < -0.4 is 5.32 Å². The normalized spacial score (nSPS) is 18.7. The predicted octanol–water partition coefficient (Wildman–Crippen LogP) is 2.43. The maximum Gasteiger partial charge on any atom is 0.411 e. The minimum absolute atomic E-state index is 0.157. The van der Waals surface area contributed by atoms with E-state index in [1.165, 1.54) is 17.1 Å². The van der Waals surface area contributed by atoms with E-state index in [1.807, 2.05) is 13.8 Å². The van der Waals surface area contributed by atoms with Crippen LogP contribution in [0, 0.1) is 0 Å². The Bertz CT molecular complexity index is 391. The van der Waals surface area contributed by atoms with Gasteiger partial charge in [0.05, 0.1) is 12.0 Å². The van der Waals surface area contributed by atoms with Crippen molar-refractivity contribution in [2.24, 2.45) is 0 Å². The van der Waals surface area contributed by atoms with Gasteiger partial charge in [0, 0.05) is 18.8 Å². The molecule has 1 aromatic heterocycles. The molecule has 1 aliphatic rings. The van der Waals surface area contributed by atoms with Crippen molar-refractivity contribution in [3.63, 3.8) is 0 Å². The number of halogens is 3. The minimum Gasteiger partial charge on any atom is -0.322 e. The van der Waals surface area contributed by atoms with Gasteiger partial charge in [-0.3, -0.25) is 0 Å². The summed E-state index contributed by atoms with van der Waals surface area (Å²) in [6, 6.07) is 0.289. The molecule has 6 heteroatoms. The lowest BCUT2D eigenvalue weighted by Gasteiger charge is -2.20. The van der Waals surface area contributed by atoms with Gasteiger partial charge in [-0.25, -0.2) is 4.98 Å². The van der Waals surface area contributed by atoms with E-state index in [1.54, 1.807) is 0 Å². The Morgan fingerprint density at radius 2 is 2.12 bits per heavy atom. The minimum atomic E-state index is -4.18. The zero-order valence-corrected chi connectivity index (χ0v) is 9.88. The lowest BCUT2D eigenvalue weighted by Crippen LogP contribution is -2.34. The molecule has 1 aliphatic carbocycles. The van der Waals surface area contributed by atoms with Gasteiger partial charge in [-0.1, -0.05) is 13.8 Å². The third kappa shape index (κ3) is 2.31. The molecular weight excluding hydrogens is 231 g/mol. The largest absolute Gasteiger partial charge is 0.411 e. The van der Waals surface area contributed by atoms with Crippen LogP contribution in [0.4, 0.5) is 13.2 Å². The van der Waals surface area contributed by atoms with Gasteiger partial charge >= 0.3 is 6.18 Å². The molecule has 1 fully saturated rings. The van der Waals surface area contributed by atoms with Crippen molar-refractivity contribution in [3.05, 3.63) is 18.2 Å². The first-order valence-electron chi connectivity index (χ1n) is 5.69. The fourth-order valence-electron chi connectivity index (χ4n) is 1.80. The molecule has 2 rings (SSSR count). The summed E-state index contributed by atoms with van der Waals surface area (Å²) in [7, 11) is 0. The van der Waals surface area contributed by atoms with E-state index in [4.69, 9.17) is 0 Å². The number of hydrogen-bond donors (Lipinski definition) is 1. The van der Waals surface area contributed by atoms with Crippen LogP contribution in [0.25, 0.3) is 0 Å². The molecule has 1 heterocycles. The molecule has 1 N–H and O–H groups in total. The summed E-state index contributed by atoms with van der Waals surface area (Å²) in [5, 5.41) is 3.13. The summed E-state index contributed by atoms with van der Waals surface area (Å²) < 4.78 is 39.7. The van der Waals surface area contributed by atoms with E-state index >= 15 is 0 Å². The van der Waals surface area contributed by atoms with Gasteiger partial charge in [0.1, 0.15) is 5.54 Å². The van der Waals surface area contributed by atoms with E-state index in [0.29, 0.717) is 12.2 Å². The van der Waals surface area contributed by atoms with Gasteiger partial charge in [0.25, 0.3) is 0 Å². The first kappa shape index (κ1) is 12.4. The summed E-state index contributed by atoms with van der Waals surface area (Å²) in [6.45, 7) is 4.46. The van der Waals surface area contributed by atoms with Crippen LogP contribution in [0.5, 0.6) is 0 Å². The van der Waals surface area contributed by atoms with Crippen LogP contribution in [-0.4, -0.2) is 21.8 Å². The number of imidazole rings is 1. The van der Waals surface area contributed by atoms with E-state index in [0.717, 1.165) is 0 Å². The first-order chi connectivity index (χ1) is 7.85. The van der Waals surface area contributed by atoms with Crippen molar-refractivity contribution < 1.29 is 13.2 Å². The maximum absolute atomic E-state index is 12.8. The SMILES string of the molecule is CC(C)NCc1cn(C2(C(F)(F)F)CC2)cn1. The molecular formula is C11H16F3N3. The third-order valence-electron chi connectivity index (χ3n) is 3.07. The van der Waals surface area contributed by atoms with Crippen molar-refractivity contribution >= 4 is 0 Å². The van der Waals surface area contributed by atoms with Crippen LogP contribution in [0.1, 0.15) is 32.4 Å². The van der Waals surface area contributed by atoms with Gasteiger partial charge in [0.2, 0.25) is 0 Å². The molecule has 0 spiro atoms. The van der Waals surface area contributed by atoms with Gasteiger partial charge in [0.15, 0.2) is 0 Å². The molecule has 0 atom stereocenters. The van der Waals surface area contributed by atoms with E-state index in [9.17, 15) is 13.2 Å². The number of nitrogens with zero attached hydrogens (tertiary/aromatic N) is 2. The number of aromatic nitrogens is 2. The predicted molar refractivity (Wildman–Crippen MR) is 57.5 cm³/mol. The molecule has 0 aromatic carbocycles. The molecule has 0 amide bonds. The topological polar surface area (TPSA) is 29.9 Å². The second-order valence-electron chi connectivity index (χ2n) is 4.84. The maximum atomic E-state index is 12.8. The summed E-state index contributed by atoms with van der Waals surface area (Å²) in [5.41, 5.74) is -1.04. The monoisotopic (exact) mass is 247 g/mol. The lowest BCUT2D eigenvalue weighted by atomic mass is 10.2. The van der Waals surface area contributed by atoms with Crippen molar-refractivity contribution in [2.45, 2.75) is 51.0 Å². The Hall–Kier alpha value is -1.04. The Morgan fingerprint density at radius 1 is 1.47 bits per heavy atom. The van der Waals surface area contributed by atoms with Crippen molar-refractivity contribution in [2.75, 3.05) is 0 Å². The Balaban J connectivity index is 2.09. The summed E-state index contributed by atoms with van der Waals surface area (Å²) >= 11 is 0. The molecule has 17 heavy (non-hydrogen) atoms. The molecule has 1 aromatic rings. The molecule has 0 aliphatic heterocycles. The van der Waals surface area contributed by atoms with Crippen molar-refractivity contribution in [3.8, 4) is 0 Å². The second-order valence-corrected chi connectivity index (χ2v) is 4.84. The molecule has 1 saturated carbocycles. The highest BCUT2D eigenvalue weighted by atomic mass is 19.4. The van der Waals surface area contributed by atoms with E-state index in [-0.39, 0.29) is 18.9 Å². The van der Waals surface area contributed by atoms with Gasteiger partial charge in [-0.2, -0.15) is 13.2 Å². The van der Waals surface area contributed by atoms with Crippen molar-refractivity contribution in [1.82, 2.24) is 14.9 Å². The highest BCUT2D eigenvalue weighted by Crippen LogP contribution is 2.55. The van der Waals surface area contributed by atoms with Crippen LogP contribution in [0.2, 0.25) is 0 Å². The fraction of sp³-hybridized carbons (Fsp3) is 0.727. The Kier molecular flexibility index (Phi) is 2.93. The third-order valence-corrected chi connectivity index (χ3v) is 3.07. The quantitative estimate of drug-likeness (QED) is 0.885. The summed E-state index contributed by atoms with van der Waals surface area (Å²) in [4.78, 5) is 4.01. The molecule has 0 saturated heterocycles. The number of rotatable bonds is 4. The van der Waals surface area contributed by atoms with E-state index < -0.39 is 11.7 Å². The molecule has 96 valence electrons. The first-order valence-corrected chi connectivity index (χ1v) is 5.69. The number of nitrogens with one attached hydrogen (secondary N) is 1. The van der Waals surface area contributed by atoms with Crippen LogP contribution in [-0.2, 0) is 12.1 Å². The van der Waals surface area contributed by atoms with Gasteiger partial charge in [-0.15, -0.1) is 0 Å². The molecule has 0 bridgehead atoms. The smallest absolute Gasteiger partial charge is 0.322 e. The summed E-state index contributed by atoms with van der Waals surface area (Å²) in [6.07, 6.45) is -1.09. The highest BCUT2D eigenvalue weighted by Gasteiger charge is 2.64. The van der Waals surface area contributed by atoms with E-state index in [2.05, 4.69) is 10.3 Å². The number of hydrogen-bond acceptors (Lipinski definition) is 2. The Morgan fingerprint density at radius 3 is 2.59 bits per heavy atom. The summed E-state index contributed by atoms with van der Waals surface area (Å²) in [5.74, 6) is 0. The Labute approximate surface area is 98.0 Å². The van der Waals surface area contributed by atoms with Crippen LogP contribution in [0.15, 0.2) is 12.5 Å². The van der Waals surface area contributed by atoms with Crippen molar-refractivity contribution in [1.29, 1.82) is 0 Å². The average molecular weight is 247 g/mol. The zero-order valence-electron chi connectivity index (χ0n) is 9.88. The second kappa shape index (κ2) is 4.01. The number of alkyl halides is 3. The molecule has 3 nitrogen and oxygen atoms in total. The molecule has 0 unspecified atom stereocenters. The fourth-order valence-corrected chi connectivity index (χ4v) is 1.80. The van der Waals surface area contributed by atoms with Crippen LogP contribution in [0.3, 0.4) is 0 Å². The van der Waals surface area contributed by atoms with Crippen LogP contribution >= 0.6 is 0 Å². The highest BCUT2D eigenvalue weighted by molar-refractivity contribution is 5.11. The average Bonchev–Trinajstić information content (AvgIpc) is 2.89. The lowest BCUT2D eigenvalue weighted by molar-refractivity contribution is -0.179.